The number of rotatable bonds is 4. The first-order chi connectivity index (χ1) is 12.9. The average molecular weight is 367 g/mol. The van der Waals surface area contributed by atoms with Crippen molar-refractivity contribution in [3.05, 3.63) is 30.1 Å². The normalized spacial score (nSPS) is 21.1. The quantitative estimate of drug-likeness (QED) is 0.855. The van der Waals surface area contributed by atoms with Crippen molar-refractivity contribution in [2.45, 2.75) is 39.3 Å². The number of carbonyl (C=O) groups is 1. The molecule has 3 atom stereocenters. The maximum absolute atomic E-state index is 12.3. The Bertz CT molecular complexity index is 876. The molecule has 0 aliphatic carbocycles. The molecular weight excluding hydrogens is 342 g/mol. The molecule has 2 N–H and O–H groups in total. The fourth-order valence-electron chi connectivity index (χ4n) is 3.63. The topological polar surface area (TPSA) is 102 Å². The Balaban J connectivity index is 1.86. The van der Waals surface area contributed by atoms with E-state index < -0.39 is 6.10 Å². The maximum Gasteiger partial charge on any atom is 0.249 e. The van der Waals surface area contributed by atoms with Gasteiger partial charge in [0.2, 0.25) is 5.91 Å². The zero-order valence-corrected chi connectivity index (χ0v) is 15.9. The molecule has 2 aromatic rings. The number of carbonyl (C=O) groups excluding carboxylic acids is 1. The molecule has 7 nitrogen and oxygen atoms in total. The van der Waals surface area contributed by atoms with Crippen LogP contribution in [-0.4, -0.2) is 46.2 Å². The lowest BCUT2D eigenvalue weighted by atomic mass is 9.94. The minimum Gasteiger partial charge on any atom is -0.383 e. The van der Waals surface area contributed by atoms with E-state index in [9.17, 15) is 15.2 Å². The molecular formula is C20H25N5O2. The van der Waals surface area contributed by atoms with Gasteiger partial charge in [-0.25, -0.2) is 0 Å². The van der Waals surface area contributed by atoms with Gasteiger partial charge in [0.05, 0.1) is 11.3 Å². The van der Waals surface area contributed by atoms with Gasteiger partial charge in [-0.1, -0.05) is 20.8 Å². The van der Waals surface area contributed by atoms with Crippen LogP contribution in [0.2, 0.25) is 0 Å². The molecule has 1 aromatic heterocycles. The molecule has 1 saturated heterocycles. The van der Waals surface area contributed by atoms with Gasteiger partial charge in [-0.05, 0) is 30.4 Å². The molecule has 0 radical (unpaired) electrons. The minimum atomic E-state index is -1.00. The Labute approximate surface area is 159 Å². The second-order valence-electron chi connectivity index (χ2n) is 7.64. The van der Waals surface area contributed by atoms with E-state index in [1.807, 2.05) is 19.9 Å². The highest BCUT2D eigenvalue weighted by molar-refractivity contribution is 5.92. The van der Waals surface area contributed by atoms with Crippen molar-refractivity contribution in [3.8, 4) is 6.07 Å². The van der Waals surface area contributed by atoms with Crippen LogP contribution in [0.5, 0.6) is 0 Å². The molecule has 1 fully saturated rings. The largest absolute Gasteiger partial charge is 0.383 e. The number of nitriles is 1. The van der Waals surface area contributed by atoms with E-state index in [4.69, 9.17) is 0 Å². The molecule has 27 heavy (non-hydrogen) atoms. The first-order valence-electron chi connectivity index (χ1n) is 9.28. The van der Waals surface area contributed by atoms with Crippen molar-refractivity contribution in [1.29, 1.82) is 5.26 Å². The number of benzene rings is 1. The highest BCUT2D eigenvalue weighted by Crippen LogP contribution is 2.30. The van der Waals surface area contributed by atoms with Crippen molar-refractivity contribution >= 4 is 22.6 Å². The van der Waals surface area contributed by atoms with E-state index in [1.165, 1.54) is 0 Å². The first kappa shape index (κ1) is 19.1. The third kappa shape index (κ3) is 4.01. The lowest BCUT2D eigenvalue weighted by Crippen LogP contribution is -2.53. The number of piperidine rings is 1. The van der Waals surface area contributed by atoms with Crippen LogP contribution in [0.3, 0.4) is 0 Å². The van der Waals surface area contributed by atoms with Crippen LogP contribution in [0.4, 0.5) is 5.69 Å². The van der Waals surface area contributed by atoms with Crippen LogP contribution < -0.4 is 10.2 Å². The zero-order chi connectivity index (χ0) is 19.6. The molecule has 3 rings (SSSR count). The number of hydrogen-bond acceptors (Lipinski definition) is 6. The molecule has 2 unspecified atom stereocenters. The van der Waals surface area contributed by atoms with Crippen LogP contribution in [0.15, 0.2) is 24.5 Å². The molecule has 0 saturated carbocycles. The number of amides is 1. The average Bonchev–Trinajstić information content (AvgIpc) is 2.65. The number of nitrogens with one attached hydrogen (secondary N) is 1. The summed E-state index contributed by atoms with van der Waals surface area (Å²) >= 11 is 0. The second kappa shape index (κ2) is 7.89. The number of nitrogens with zero attached hydrogens (tertiary/aromatic N) is 4. The van der Waals surface area contributed by atoms with Crippen LogP contribution in [0.1, 0.15) is 32.8 Å². The number of aromatic nitrogens is 2. The fourth-order valence-corrected chi connectivity index (χ4v) is 3.63. The second-order valence-corrected chi connectivity index (χ2v) is 7.64. The fraction of sp³-hybridized carbons (Fsp3) is 0.500. The van der Waals surface area contributed by atoms with Gasteiger partial charge in [-0.3, -0.25) is 14.8 Å². The summed E-state index contributed by atoms with van der Waals surface area (Å²) in [6, 6.07) is 5.77. The molecule has 1 aromatic carbocycles. The van der Waals surface area contributed by atoms with E-state index >= 15 is 0 Å². The Morgan fingerprint density at radius 3 is 2.67 bits per heavy atom. The number of aliphatic hydroxyl groups excluding tert-OH is 1. The van der Waals surface area contributed by atoms with E-state index in [2.05, 4.69) is 33.2 Å². The minimum absolute atomic E-state index is 0.0583. The predicted octanol–water partition coefficient (Wildman–Crippen LogP) is 1.85. The van der Waals surface area contributed by atoms with Gasteiger partial charge in [0.1, 0.15) is 23.2 Å². The summed E-state index contributed by atoms with van der Waals surface area (Å²) < 4.78 is 0. The van der Waals surface area contributed by atoms with E-state index in [0.29, 0.717) is 29.1 Å². The van der Waals surface area contributed by atoms with Gasteiger partial charge >= 0.3 is 0 Å². The van der Waals surface area contributed by atoms with Crippen molar-refractivity contribution in [3.63, 3.8) is 0 Å². The Hall–Kier alpha value is -2.72. The smallest absolute Gasteiger partial charge is 0.249 e. The van der Waals surface area contributed by atoms with Crippen molar-refractivity contribution in [1.82, 2.24) is 15.3 Å². The van der Waals surface area contributed by atoms with E-state index in [-0.39, 0.29) is 17.9 Å². The molecule has 0 spiro atoms. The summed E-state index contributed by atoms with van der Waals surface area (Å²) in [6.07, 6.45) is 3.06. The maximum atomic E-state index is 12.3. The van der Waals surface area contributed by atoms with Gasteiger partial charge in [-0.2, -0.15) is 5.26 Å². The number of fused-ring (bicyclic) bond motifs is 1. The summed E-state index contributed by atoms with van der Waals surface area (Å²) in [5, 5.41) is 22.3. The third-order valence-corrected chi connectivity index (χ3v) is 4.97. The Kier molecular flexibility index (Phi) is 5.57. The van der Waals surface area contributed by atoms with E-state index in [0.717, 1.165) is 18.7 Å². The van der Waals surface area contributed by atoms with Crippen molar-refractivity contribution in [2.75, 3.05) is 18.0 Å². The molecule has 1 aliphatic heterocycles. The first-order valence-corrected chi connectivity index (χ1v) is 9.28. The molecule has 142 valence electrons. The van der Waals surface area contributed by atoms with Gasteiger partial charge in [0.25, 0.3) is 0 Å². The summed E-state index contributed by atoms with van der Waals surface area (Å²) in [4.78, 5) is 23.2. The predicted molar refractivity (Wildman–Crippen MR) is 103 cm³/mol. The van der Waals surface area contributed by atoms with Gasteiger partial charge in [-0.15, -0.1) is 0 Å². The van der Waals surface area contributed by atoms with Crippen LogP contribution >= 0.6 is 0 Å². The molecule has 7 heteroatoms. The number of aliphatic hydroxyl groups is 1. The van der Waals surface area contributed by atoms with E-state index in [1.54, 1.807) is 18.5 Å². The summed E-state index contributed by atoms with van der Waals surface area (Å²) in [7, 11) is 0. The number of hydrogen-bond donors (Lipinski definition) is 2. The summed E-state index contributed by atoms with van der Waals surface area (Å²) in [5.74, 6) is -0.0870. The highest BCUT2D eigenvalue weighted by Gasteiger charge is 2.29. The van der Waals surface area contributed by atoms with Crippen molar-refractivity contribution < 1.29 is 9.90 Å². The Morgan fingerprint density at radius 2 is 2.00 bits per heavy atom. The van der Waals surface area contributed by atoms with Crippen LogP contribution in [0, 0.1) is 23.2 Å². The summed E-state index contributed by atoms with van der Waals surface area (Å²) in [5.41, 5.74) is 2.69. The van der Waals surface area contributed by atoms with Crippen molar-refractivity contribution in [2.24, 2.45) is 11.8 Å². The Morgan fingerprint density at radius 1 is 1.30 bits per heavy atom. The lowest BCUT2D eigenvalue weighted by molar-refractivity contribution is -0.132. The lowest BCUT2D eigenvalue weighted by Gasteiger charge is -2.38. The van der Waals surface area contributed by atoms with Gasteiger partial charge in [0.15, 0.2) is 0 Å². The SMILES string of the molecule is CC1CC(NC(=O)[C@@H](O)C(C)C)CN(c2ccc(C#N)c3nccnc23)C1. The van der Waals surface area contributed by atoms with Crippen LogP contribution in [-0.2, 0) is 4.79 Å². The van der Waals surface area contributed by atoms with Gasteiger partial charge < -0.3 is 15.3 Å². The van der Waals surface area contributed by atoms with Crippen LogP contribution in [0.25, 0.3) is 11.0 Å². The third-order valence-electron chi connectivity index (χ3n) is 4.97. The molecule has 0 bridgehead atoms. The molecule has 1 aliphatic rings. The highest BCUT2D eigenvalue weighted by atomic mass is 16.3. The molecule has 2 heterocycles. The zero-order valence-electron chi connectivity index (χ0n) is 15.9. The standard InChI is InChI=1S/C20H25N5O2/c1-12(2)19(26)20(27)24-15-8-13(3)10-25(11-15)16-5-4-14(9-21)17-18(16)23-7-6-22-17/h4-7,12-13,15,19,26H,8,10-11H2,1-3H3,(H,24,27)/t13?,15?,19-/m0/s1. The summed E-state index contributed by atoms with van der Waals surface area (Å²) in [6.45, 7) is 7.24. The van der Waals surface area contributed by atoms with Gasteiger partial charge in [0, 0.05) is 31.5 Å². The molecule has 1 amide bonds. The number of anilines is 1. The monoisotopic (exact) mass is 367 g/mol.